The molecule has 0 aliphatic carbocycles. The molecule has 3 rings (SSSR count). The van der Waals surface area contributed by atoms with E-state index in [1.807, 2.05) is 38.1 Å². The van der Waals surface area contributed by atoms with Gasteiger partial charge in [-0.3, -0.25) is 14.6 Å². The van der Waals surface area contributed by atoms with E-state index in [-0.39, 0.29) is 23.1 Å². The number of nitrogens with one attached hydrogen (secondary N) is 1. The Kier molecular flexibility index (Phi) is 8.81. The van der Waals surface area contributed by atoms with Crippen molar-refractivity contribution in [3.63, 3.8) is 0 Å². The molecule has 8 heteroatoms. The number of nitrogens with zero attached hydrogens (tertiary/aromatic N) is 3. The molecule has 3 aromatic rings. The van der Waals surface area contributed by atoms with Gasteiger partial charge < -0.3 is 15.6 Å². The maximum Gasteiger partial charge on any atom is 0.250 e. The van der Waals surface area contributed by atoms with Gasteiger partial charge in [-0.2, -0.15) is 0 Å². The fraction of sp³-hybridized carbons (Fsp3) is 0.308. The van der Waals surface area contributed by atoms with Crippen LogP contribution >= 0.6 is 0 Å². The maximum absolute atomic E-state index is 12.8. The third-order valence-corrected chi connectivity index (χ3v) is 5.63. The molecule has 3 N–H and O–H groups in total. The average Bonchev–Trinajstić information content (AvgIpc) is 2.86. The summed E-state index contributed by atoms with van der Waals surface area (Å²) in [4.78, 5) is 33.8. The van der Waals surface area contributed by atoms with Crippen LogP contribution in [0, 0.1) is 0 Å². The Morgan fingerprint density at radius 3 is 2.56 bits per heavy atom. The lowest BCUT2D eigenvalue weighted by molar-refractivity contribution is 0.104. The maximum atomic E-state index is 12.8. The van der Waals surface area contributed by atoms with Gasteiger partial charge in [0.05, 0.1) is 18.1 Å². The van der Waals surface area contributed by atoms with Crippen LogP contribution in [-0.2, 0) is 6.54 Å². The van der Waals surface area contributed by atoms with E-state index in [1.54, 1.807) is 23.0 Å². The Bertz CT molecular complexity index is 1200. The summed E-state index contributed by atoms with van der Waals surface area (Å²) in [6.07, 6.45) is 7.73. The number of allylic oxidation sites excluding steroid dienone is 1. The number of aromatic nitrogens is 3. The fourth-order valence-electron chi connectivity index (χ4n) is 3.66. The Morgan fingerprint density at radius 1 is 1.15 bits per heavy atom. The summed E-state index contributed by atoms with van der Waals surface area (Å²) in [5.41, 5.74) is 9.44. The molecule has 0 radical (unpaired) electrons. The zero-order chi connectivity index (χ0) is 24.5. The predicted molar refractivity (Wildman–Crippen MR) is 132 cm³/mol. The van der Waals surface area contributed by atoms with Crippen molar-refractivity contribution in [2.75, 3.05) is 13.2 Å². The quantitative estimate of drug-likeness (QED) is 0.254. The molecule has 0 saturated carbocycles. The summed E-state index contributed by atoms with van der Waals surface area (Å²) in [5.74, 6) is -0.367. The molecule has 0 unspecified atom stereocenters. The normalized spacial score (nSPS) is 11.7. The molecule has 34 heavy (non-hydrogen) atoms. The number of ketones is 1. The van der Waals surface area contributed by atoms with Crippen LogP contribution < -0.4 is 16.6 Å². The molecule has 7 nitrogen and oxygen atoms in total. The van der Waals surface area contributed by atoms with Crippen molar-refractivity contribution in [1.82, 2.24) is 19.9 Å². The van der Waals surface area contributed by atoms with Crippen LogP contribution in [0.3, 0.4) is 0 Å². The number of halogens is 1. The minimum Gasteiger partial charge on any atom is -0.398 e. The lowest BCUT2D eigenvalue weighted by Crippen LogP contribution is -2.23. The molecule has 0 amide bonds. The number of hydrogen-bond donors (Lipinski definition) is 2. The first-order valence-electron chi connectivity index (χ1n) is 11.4. The molecular weight excluding hydrogens is 433 g/mol. The number of benzene rings is 1. The second kappa shape index (κ2) is 12.0. The molecule has 0 aliphatic rings. The van der Waals surface area contributed by atoms with Crippen LogP contribution in [0.4, 0.5) is 4.39 Å². The SMILES string of the molecule is CCC(CC)n1cc(-c2cncc(C(=O)C=C(N)c3ccc(CNCCF)cc3)n2)ccc1=O. The van der Waals surface area contributed by atoms with Crippen molar-refractivity contribution >= 4 is 11.5 Å². The van der Waals surface area contributed by atoms with Gasteiger partial charge >= 0.3 is 0 Å². The number of alkyl halides is 1. The molecule has 0 aliphatic heterocycles. The highest BCUT2D eigenvalue weighted by atomic mass is 19.1. The van der Waals surface area contributed by atoms with E-state index in [0.717, 1.165) is 18.4 Å². The molecule has 2 heterocycles. The van der Waals surface area contributed by atoms with E-state index >= 15 is 0 Å². The van der Waals surface area contributed by atoms with Gasteiger partial charge in [-0.05, 0) is 30.0 Å². The first-order valence-corrected chi connectivity index (χ1v) is 11.4. The highest BCUT2D eigenvalue weighted by molar-refractivity contribution is 6.07. The van der Waals surface area contributed by atoms with Gasteiger partial charge in [-0.15, -0.1) is 0 Å². The highest BCUT2D eigenvalue weighted by Gasteiger charge is 2.13. The monoisotopic (exact) mass is 463 g/mol. The van der Waals surface area contributed by atoms with Crippen molar-refractivity contribution in [2.24, 2.45) is 5.73 Å². The fourth-order valence-corrected chi connectivity index (χ4v) is 3.66. The lowest BCUT2D eigenvalue weighted by Gasteiger charge is -2.17. The van der Waals surface area contributed by atoms with Crippen LogP contribution in [-0.4, -0.2) is 33.5 Å². The van der Waals surface area contributed by atoms with E-state index in [4.69, 9.17) is 5.73 Å². The van der Waals surface area contributed by atoms with Gasteiger partial charge in [0, 0.05) is 48.7 Å². The molecule has 0 saturated heterocycles. The van der Waals surface area contributed by atoms with E-state index in [0.29, 0.717) is 35.6 Å². The Morgan fingerprint density at radius 2 is 1.88 bits per heavy atom. The van der Waals surface area contributed by atoms with Gasteiger partial charge in [0.1, 0.15) is 12.4 Å². The van der Waals surface area contributed by atoms with Gasteiger partial charge in [0.15, 0.2) is 0 Å². The summed E-state index contributed by atoms with van der Waals surface area (Å²) >= 11 is 0. The second-order valence-electron chi connectivity index (χ2n) is 7.95. The van der Waals surface area contributed by atoms with Gasteiger partial charge in [-0.25, -0.2) is 9.37 Å². The third-order valence-electron chi connectivity index (χ3n) is 5.63. The first-order chi connectivity index (χ1) is 16.5. The summed E-state index contributed by atoms with van der Waals surface area (Å²) in [6, 6.07) is 10.7. The van der Waals surface area contributed by atoms with Gasteiger partial charge in [-0.1, -0.05) is 38.1 Å². The Balaban J connectivity index is 1.80. The minimum absolute atomic E-state index is 0.0717. The largest absolute Gasteiger partial charge is 0.398 e. The van der Waals surface area contributed by atoms with Crippen LogP contribution in [0.2, 0.25) is 0 Å². The second-order valence-corrected chi connectivity index (χ2v) is 7.95. The summed E-state index contributed by atoms with van der Waals surface area (Å²) in [6.45, 7) is 4.53. The zero-order valence-electron chi connectivity index (χ0n) is 19.5. The van der Waals surface area contributed by atoms with E-state index in [1.165, 1.54) is 18.3 Å². The van der Waals surface area contributed by atoms with Crippen molar-refractivity contribution < 1.29 is 9.18 Å². The Labute approximate surface area is 198 Å². The molecule has 0 fully saturated rings. The van der Waals surface area contributed by atoms with E-state index < -0.39 is 6.67 Å². The summed E-state index contributed by atoms with van der Waals surface area (Å²) in [5, 5.41) is 2.98. The van der Waals surface area contributed by atoms with Gasteiger partial charge in [0.2, 0.25) is 5.78 Å². The predicted octanol–water partition coefficient (Wildman–Crippen LogP) is 3.91. The van der Waals surface area contributed by atoms with E-state index in [9.17, 15) is 14.0 Å². The van der Waals surface area contributed by atoms with Crippen LogP contribution in [0.5, 0.6) is 0 Å². The van der Waals surface area contributed by atoms with E-state index in [2.05, 4.69) is 15.3 Å². The molecule has 2 aromatic heterocycles. The number of pyridine rings is 1. The smallest absolute Gasteiger partial charge is 0.250 e. The third kappa shape index (κ3) is 6.23. The van der Waals surface area contributed by atoms with Crippen molar-refractivity contribution in [2.45, 2.75) is 39.3 Å². The van der Waals surface area contributed by atoms with Gasteiger partial charge in [0.25, 0.3) is 5.56 Å². The number of carbonyl (C=O) groups excluding carboxylic acids is 1. The molecule has 1 aromatic carbocycles. The standard InChI is InChI=1S/C26H30FN5O2/c1-3-21(4-2)32-17-20(9-10-26(32)34)23-15-30-16-24(31-23)25(33)13-22(28)19-7-5-18(6-8-19)14-29-12-11-27/h5-10,13,15-17,21,29H,3-4,11-12,14,28H2,1-2H3. The number of hydrogen-bond acceptors (Lipinski definition) is 6. The van der Waals surface area contributed by atoms with Crippen LogP contribution in [0.25, 0.3) is 17.0 Å². The zero-order valence-corrected chi connectivity index (χ0v) is 19.5. The average molecular weight is 464 g/mol. The summed E-state index contributed by atoms with van der Waals surface area (Å²) in [7, 11) is 0. The highest BCUT2D eigenvalue weighted by Crippen LogP contribution is 2.20. The topological polar surface area (TPSA) is 103 Å². The first kappa shape index (κ1) is 25.0. The molecule has 0 spiro atoms. The molecule has 0 atom stereocenters. The van der Waals surface area contributed by atoms with Crippen molar-refractivity contribution in [3.05, 3.63) is 88.2 Å². The minimum atomic E-state index is -0.415. The van der Waals surface area contributed by atoms with Crippen LogP contribution in [0.1, 0.15) is 54.3 Å². The molecular formula is C26H30FN5O2. The summed E-state index contributed by atoms with van der Waals surface area (Å²) < 4.78 is 13.9. The van der Waals surface area contributed by atoms with Crippen LogP contribution in [0.15, 0.2) is 65.9 Å². The van der Waals surface area contributed by atoms with Crippen molar-refractivity contribution in [1.29, 1.82) is 0 Å². The number of rotatable bonds is 11. The molecule has 0 bridgehead atoms. The number of nitrogens with two attached hydrogens (primary N) is 1. The Hall–Kier alpha value is -3.65. The lowest BCUT2D eigenvalue weighted by atomic mass is 10.1. The number of carbonyl (C=O) groups is 1. The molecule has 178 valence electrons. The van der Waals surface area contributed by atoms with Crippen molar-refractivity contribution in [3.8, 4) is 11.3 Å².